The highest BCUT2D eigenvalue weighted by atomic mass is 16.5. The van der Waals surface area contributed by atoms with Crippen molar-refractivity contribution < 1.29 is 18.8 Å². The highest BCUT2D eigenvalue weighted by Crippen LogP contribution is 2.29. The Morgan fingerprint density at radius 2 is 1.69 bits per heavy atom. The van der Waals surface area contributed by atoms with Crippen molar-refractivity contribution in [2.24, 2.45) is 0 Å². The minimum atomic E-state index is -0.0277. The summed E-state index contributed by atoms with van der Waals surface area (Å²) in [7, 11) is 3.14. The van der Waals surface area contributed by atoms with Gasteiger partial charge in [0.25, 0.3) is 5.91 Å². The van der Waals surface area contributed by atoms with Crippen LogP contribution in [0.2, 0.25) is 0 Å². The Kier molecular flexibility index (Phi) is 6.41. The Labute approximate surface area is 187 Å². The van der Waals surface area contributed by atoms with E-state index in [2.05, 4.69) is 22.0 Å². The minimum Gasteiger partial charge on any atom is -0.493 e. The summed E-state index contributed by atoms with van der Waals surface area (Å²) < 4.78 is 16.1. The Balaban J connectivity index is 1.38. The van der Waals surface area contributed by atoms with E-state index in [-0.39, 0.29) is 11.9 Å². The fourth-order valence-corrected chi connectivity index (χ4v) is 3.85. The molecular formula is C24H28N4O4. The van der Waals surface area contributed by atoms with Crippen LogP contribution in [0.5, 0.6) is 11.5 Å². The van der Waals surface area contributed by atoms with E-state index in [1.54, 1.807) is 32.4 Å². The monoisotopic (exact) mass is 436 g/mol. The number of benzene rings is 2. The van der Waals surface area contributed by atoms with Crippen LogP contribution in [0.1, 0.15) is 34.8 Å². The van der Waals surface area contributed by atoms with Crippen molar-refractivity contribution in [1.29, 1.82) is 0 Å². The van der Waals surface area contributed by atoms with Crippen molar-refractivity contribution in [3.8, 4) is 22.9 Å². The molecule has 1 aliphatic heterocycles. The molecule has 1 fully saturated rings. The lowest BCUT2D eigenvalue weighted by molar-refractivity contribution is 0.0551. The van der Waals surface area contributed by atoms with Gasteiger partial charge in [-0.2, -0.15) is 4.98 Å². The lowest BCUT2D eigenvalue weighted by Crippen LogP contribution is -2.49. The smallest absolute Gasteiger partial charge is 0.254 e. The standard InChI is InChI=1S/C24H28N4O4/c1-16-5-7-18(8-6-16)22-25-23(32-26-22)17(2)27-11-13-28(14-12-27)24(29)19-9-10-20(30-3)21(15-19)31-4/h5-10,15,17H,11-14H2,1-4H3. The van der Waals surface area contributed by atoms with Crippen molar-refractivity contribution >= 4 is 5.91 Å². The van der Waals surface area contributed by atoms with E-state index in [0.717, 1.165) is 18.7 Å². The van der Waals surface area contributed by atoms with Crippen molar-refractivity contribution in [3.05, 3.63) is 59.5 Å². The van der Waals surface area contributed by atoms with E-state index in [4.69, 9.17) is 14.0 Å². The van der Waals surface area contributed by atoms with Crippen LogP contribution in [0.15, 0.2) is 47.0 Å². The second kappa shape index (κ2) is 9.40. The summed E-state index contributed by atoms with van der Waals surface area (Å²) in [4.78, 5) is 21.7. The number of carbonyl (C=O) groups excluding carboxylic acids is 1. The van der Waals surface area contributed by atoms with E-state index < -0.39 is 0 Å². The molecule has 4 rings (SSSR count). The summed E-state index contributed by atoms with van der Waals surface area (Å²) >= 11 is 0. The molecule has 1 aliphatic rings. The van der Waals surface area contributed by atoms with Crippen LogP contribution in [-0.2, 0) is 0 Å². The molecule has 1 atom stereocenters. The zero-order valence-electron chi connectivity index (χ0n) is 18.9. The highest BCUT2D eigenvalue weighted by molar-refractivity contribution is 5.95. The first-order valence-corrected chi connectivity index (χ1v) is 10.7. The van der Waals surface area contributed by atoms with E-state index in [1.807, 2.05) is 36.1 Å². The fourth-order valence-electron chi connectivity index (χ4n) is 3.85. The third kappa shape index (κ3) is 4.45. The minimum absolute atomic E-state index is 0.0160. The van der Waals surface area contributed by atoms with Crippen LogP contribution >= 0.6 is 0 Å². The van der Waals surface area contributed by atoms with Gasteiger partial charge in [-0.3, -0.25) is 9.69 Å². The molecular weight excluding hydrogens is 408 g/mol. The van der Waals surface area contributed by atoms with Gasteiger partial charge in [0.2, 0.25) is 11.7 Å². The summed E-state index contributed by atoms with van der Waals surface area (Å²) in [5.74, 6) is 2.31. The molecule has 0 spiro atoms. The quantitative estimate of drug-likeness (QED) is 0.584. The summed E-state index contributed by atoms with van der Waals surface area (Å²) in [5.41, 5.74) is 2.71. The van der Waals surface area contributed by atoms with E-state index in [0.29, 0.717) is 41.9 Å². The summed E-state index contributed by atoms with van der Waals surface area (Å²) in [6.45, 7) is 6.79. The average Bonchev–Trinajstić information content (AvgIpc) is 3.33. The molecule has 8 nitrogen and oxygen atoms in total. The van der Waals surface area contributed by atoms with E-state index >= 15 is 0 Å². The van der Waals surface area contributed by atoms with Gasteiger partial charge in [-0.25, -0.2) is 0 Å². The normalized spacial score (nSPS) is 15.4. The lowest BCUT2D eigenvalue weighted by atomic mass is 10.1. The number of ether oxygens (including phenoxy) is 2. The Morgan fingerprint density at radius 1 is 1.00 bits per heavy atom. The van der Waals surface area contributed by atoms with Gasteiger partial charge in [-0.1, -0.05) is 35.0 Å². The maximum atomic E-state index is 13.0. The molecule has 1 aromatic heterocycles. The van der Waals surface area contributed by atoms with Gasteiger partial charge >= 0.3 is 0 Å². The van der Waals surface area contributed by atoms with Crippen LogP contribution in [0, 0.1) is 6.92 Å². The van der Waals surface area contributed by atoms with Gasteiger partial charge in [-0.15, -0.1) is 0 Å². The highest BCUT2D eigenvalue weighted by Gasteiger charge is 2.28. The van der Waals surface area contributed by atoms with Gasteiger partial charge in [0.1, 0.15) is 0 Å². The first-order valence-electron chi connectivity index (χ1n) is 10.7. The fraction of sp³-hybridized carbons (Fsp3) is 0.375. The van der Waals surface area contributed by atoms with Gasteiger partial charge in [0, 0.05) is 37.3 Å². The number of rotatable bonds is 6. The van der Waals surface area contributed by atoms with Crippen LogP contribution in [0.3, 0.4) is 0 Å². The molecule has 0 bridgehead atoms. The maximum Gasteiger partial charge on any atom is 0.254 e. The number of methoxy groups -OCH3 is 2. The first kappa shape index (κ1) is 21.8. The Bertz CT molecular complexity index is 1070. The zero-order chi connectivity index (χ0) is 22.7. The molecule has 0 N–H and O–H groups in total. The number of piperazine rings is 1. The number of aryl methyl sites for hydroxylation is 1. The van der Waals surface area contributed by atoms with Crippen molar-refractivity contribution in [3.63, 3.8) is 0 Å². The van der Waals surface area contributed by atoms with Gasteiger partial charge in [0.05, 0.1) is 20.3 Å². The van der Waals surface area contributed by atoms with Crippen molar-refractivity contribution in [1.82, 2.24) is 19.9 Å². The van der Waals surface area contributed by atoms with Crippen LogP contribution in [-0.4, -0.2) is 66.2 Å². The molecule has 1 unspecified atom stereocenters. The van der Waals surface area contributed by atoms with Crippen molar-refractivity contribution in [2.45, 2.75) is 19.9 Å². The Hall–Kier alpha value is -3.39. The topological polar surface area (TPSA) is 80.9 Å². The molecule has 0 radical (unpaired) electrons. The summed E-state index contributed by atoms with van der Waals surface area (Å²) in [5, 5.41) is 4.15. The second-order valence-corrected chi connectivity index (χ2v) is 7.90. The predicted molar refractivity (Wildman–Crippen MR) is 120 cm³/mol. The molecule has 3 aromatic rings. The van der Waals surface area contributed by atoms with Crippen LogP contribution < -0.4 is 9.47 Å². The molecule has 0 aliphatic carbocycles. The molecule has 1 amide bonds. The first-order chi connectivity index (χ1) is 15.5. The third-order valence-electron chi connectivity index (χ3n) is 5.89. The zero-order valence-corrected chi connectivity index (χ0v) is 18.9. The molecule has 0 saturated carbocycles. The third-order valence-corrected chi connectivity index (χ3v) is 5.89. The molecule has 2 aromatic carbocycles. The number of hydrogen-bond donors (Lipinski definition) is 0. The number of hydrogen-bond acceptors (Lipinski definition) is 7. The van der Waals surface area contributed by atoms with E-state index in [9.17, 15) is 4.79 Å². The molecule has 168 valence electrons. The molecule has 8 heteroatoms. The molecule has 32 heavy (non-hydrogen) atoms. The van der Waals surface area contributed by atoms with Crippen LogP contribution in [0.25, 0.3) is 11.4 Å². The van der Waals surface area contributed by atoms with Crippen molar-refractivity contribution in [2.75, 3.05) is 40.4 Å². The largest absolute Gasteiger partial charge is 0.493 e. The lowest BCUT2D eigenvalue weighted by Gasteiger charge is -2.36. The summed E-state index contributed by atoms with van der Waals surface area (Å²) in [6, 6.07) is 13.3. The second-order valence-electron chi connectivity index (χ2n) is 7.90. The SMILES string of the molecule is COc1ccc(C(=O)N2CCN(C(C)c3nc(-c4ccc(C)cc4)no3)CC2)cc1OC. The van der Waals surface area contributed by atoms with Gasteiger partial charge < -0.3 is 18.9 Å². The predicted octanol–water partition coefficient (Wildman–Crippen LogP) is 3.58. The molecule has 1 saturated heterocycles. The number of nitrogens with zero attached hydrogens (tertiary/aromatic N) is 4. The molecule has 2 heterocycles. The van der Waals surface area contributed by atoms with E-state index in [1.165, 1.54) is 5.56 Å². The number of amides is 1. The summed E-state index contributed by atoms with van der Waals surface area (Å²) in [6.07, 6.45) is 0. The Morgan fingerprint density at radius 3 is 2.34 bits per heavy atom. The average molecular weight is 437 g/mol. The van der Waals surface area contributed by atoms with Gasteiger partial charge in [-0.05, 0) is 32.0 Å². The number of aromatic nitrogens is 2. The maximum absolute atomic E-state index is 13.0. The van der Waals surface area contributed by atoms with Gasteiger partial charge in [0.15, 0.2) is 11.5 Å². The van der Waals surface area contributed by atoms with Crippen LogP contribution in [0.4, 0.5) is 0 Å². The number of carbonyl (C=O) groups is 1.